The fourth-order valence-electron chi connectivity index (χ4n) is 2.38. The average Bonchev–Trinajstić information content (AvgIpc) is 2.35. The zero-order valence-electron chi connectivity index (χ0n) is 12.0. The van der Waals surface area contributed by atoms with Crippen LogP contribution in [0.4, 0.5) is 0 Å². The van der Waals surface area contributed by atoms with E-state index in [4.69, 9.17) is 4.74 Å². The van der Waals surface area contributed by atoms with Gasteiger partial charge >= 0.3 is 0 Å². The van der Waals surface area contributed by atoms with E-state index in [2.05, 4.69) is 32.3 Å². The highest BCUT2D eigenvalue weighted by molar-refractivity contribution is 5.07. The Morgan fingerprint density at radius 3 is 2.71 bits per heavy atom. The maximum Gasteiger partial charge on any atom is 0.0623 e. The Kier molecular flexibility index (Phi) is 6.21. The number of methoxy groups -OCH3 is 1. The fourth-order valence-corrected chi connectivity index (χ4v) is 2.38. The smallest absolute Gasteiger partial charge is 0.0623 e. The molecule has 0 saturated carbocycles. The van der Waals surface area contributed by atoms with Crippen LogP contribution in [0.1, 0.15) is 58.8 Å². The Labute approximate surface area is 107 Å². The monoisotopic (exact) mass is 239 g/mol. The summed E-state index contributed by atoms with van der Waals surface area (Å²) in [7, 11) is 3.88. The Morgan fingerprint density at radius 1 is 1.41 bits per heavy atom. The summed E-state index contributed by atoms with van der Waals surface area (Å²) < 4.78 is 5.48. The standard InChI is InChI=1S/C15H29NO/c1-15(2,17-4)11-10-14(16-3)12-13-8-6-5-7-9-13/h8,14,16H,5-7,9-12H2,1-4H3. The third kappa shape index (κ3) is 5.69. The molecule has 0 aromatic rings. The van der Waals surface area contributed by atoms with E-state index in [-0.39, 0.29) is 5.60 Å². The SMILES string of the molecule is CNC(CCC(C)(C)OC)CC1=CCCCC1. The summed E-state index contributed by atoms with van der Waals surface area (Å²) in [6, 6.07) is 0.605. The minimum Gasteiger partial charge on any atom is -0.379 e. The molecule has 1 rings (SSSR count). The van der Waals surface area contributed by atoms with E-state index in [0.717, 1.165) is 6.42 Å². The van der Waals surface area contributed by atoms with Crippen molar-refractivity contribution in [3.8, 4) is 0 Å². The normalized spacial score (nSPS) is 18.9. The van der Waals surface area contributed by atoms with Crippen molar-refractivity contribution < 1.29 is 4.74 Å². The quantitative estimate of drug-likeness (QED) is 0.684. The summed E-state index contributed by atoms with van der Waals surface area (Å²) in [4.78, 5) is 0. The molecule has 0 aliphatic heterocycles. The van der Waals surface area contributed by atoms with Crippen molar-refractivity contribution >= 4 is 0 Å². The molecule has 0 saturated heterocycles. The molecule has 1 aliphatic carbocycles. The molecular formula is C15H29NO. The van der Waals surface area contributed by atoms with Crippen molar-refractivity contribution in [3.05, 3.63) is 11.6 Å². The highest BCUT2D eigenvalue weighted by Crippen LogP contribution is 2.24. The second-order valence-corrected chi connectivity index (χ2v) is 5.80. The predicted octanol–water partition coefficient (Wildman–Crippen LogP) is 3.67. The molecule has 0 aromatic heterocycles. The van der Waals surface area contributed by atoms with Crippen LogP contribution in [0.2, 0.25) is 0 Å². The van der Waals surface area contributed by atoms with Gasteiger partial charge in [0.25, 0.3) is 0 Å². The number of nitrogens with one attached hydrogen (secondary N) is 1. The Morgan fingerprint density at radius 2 is 2.18 bits per heavy atom. The van der Waals surface area contributed by atoms with Crippen LogP contribution in [0, 0.1) is 0 Å². The molecule has 17 heavy (non-hydrogen) atoms. The van der Waals surface area contributed by atoms with Crippen molar-refractivity contribution in [2.75, 3.05) is 14.2 Å². The second kappa shape index (κ2) is 7.17. The molecule has 2 heteroatoms. The van der Waals surface area contributed by atoms with Crippen molar-refractivity contribution in [1.29, 1.82) is 0 Å². The number of rotatable bonds is 7. The van der Waals surface area contributed by atoms with Gasteiger partial charge in [0.2, 0.25) is 0 Å². The minimum atomic E-state index is 0.00997. The van der Waals surface area contributed by atoms with Gasteiger partial charge in [0.05, 0.1) is 5.60 Å². The number of hydrogen-bond donors (Lipinski definition) is 1. The summed E-state index contributed by atoms with van der Waals surface area (Å²) in [5.74, 6) is 0. The van der Waals surface area contributed by atoms with Crippen molar-refractivity contribution in [2.24, 2.45) is 0 Å². The topological polar surface area (TPSA) is 21.3 Å². The maximum atomic E-state index is 5.48. The molecule has 2 nitrogen and oxygen atoms in total. The fraction of sp³-hybridized carbons (Fsp3) is 0.867. The van der Waals surface area contributed by atoms with E-state index in [1.807, 2.05) is 0 Å². The lowest BCUT2D eigenvalue weighted by Gasteiger charge is -2.26. The van der Waals surface area contributed by atoms with Gasteiger partial charge in [-0.15, -0.1) is 0 Å². The lowest BCUT2D eigenvalue weighted by Crippen LogP contribution is -2.30. The van der Waals surface area contributed by atoms with Gasteiger partial charge in [0.15, 0.2) is 0 Å². The van der Waals surface area contributed by atoms with Gasteiger partial charge in [-0.05, 0) is 65.8 Å². The van der Waals surface area contributed by atoms with Crippen LogP contribution >= 0.6 is 0 Å². The largest absolute Gasteiger partial charge is 0.379 e. The van der Waals surface area contributed by atoms with Gasteiger partial charge in [0, 0.05) is 13.2 Å². The molecule has 0 bridgehead atoms. The van der Waals surface area contributed by atoms with E-state index < -0.39 is 0 Å². The first-order valence-electron chi connectivity index (χ1n) is 6.98. The lowest BCUT2D eigenvalue weighted by molar-refractivity contribution is 0.0118. The third-order valence-corrected chi connectivity index (χ3v) is 3.95. The van der Waals surface area contributed by atoms with E-state index in [0.29, 0.717) is 6.04 Å². The molecule has 1 atom stereocenters. The number of hydrogen-bond acceptors (Lipinski definition) is 2. The van der Waals surface area contributed by atoms with E-state index in [9.17, 15) is 0 Å². The third-order valence-electron chi connectivity index (χ3n) is 3.95. The molecule has 1 unspecified atom stereocenters. The van der Waals surface area contributed by atoms with E-state index >= 15 is 0 Å². The highest BCUT2D eigenvalue weighted by Gasteiger charge is 2.19. The van der Waals surface area contributed by atoms with Crippen LogP contribution in [0.15, 0.2) is 11.6 Å². The van der Waals surface area contributed by atoms with Crippen LogP contribution in [-0.4, -0.2) is 25.8 Å². The summed E-state index contributed by atoms with van der Waals surface area (Å²) in [5.41, 5.74) is 1.67. The van der Waals surface area contributed by atoms with Crippen molar-refractivity contribution in [3.63, 3.8) is 0 Å². The van der Waals surface area contributed by atoms with Gasteiger partial charge in [-0.25, -0.2) is 0 Å². The molecule has 0 radical (unpaired) electrons. The van der Waals surface area contributed by atoms with Crippen LogP contribution in [-0.2, 0) is 4.74 Å². The van der Waals surface area contributed by atoms with Crippen LogP contribution in [0.3, 0.4) is 0 Å². The van der Waals surface area contributed by atoms with Gasteiger partial charge in [-0.3, -0.25) is 0 Å². The minimum absolute atomic E-state index is 0.00997. The van der Waals surface area contributed by atoms with Gasteiger partial charge < -0.3 is 10.1 Å². The number of allylic oxidation sites excluding steroid dienone is 1. The first-order chi connectivity index (χ1) is 8.07. The Balaban J connectivity index is 2.35. The predicted molar refractivity (Wildman–Crippen MR) is 74.3 cm³/mol. The molecule has 0 amide bonds. The summed E-state index contributed by atoms with van der Waals surface area (Å²) in [5, 5.41) is 3.45. The molecule has 1 aliphatic rings. The van der Waals surface area contributed by atoms with Crippen LogP contribution < -0.4 is 5.32 Å². The first-order valence-corrected chi connectivity index (χ1v) is 6.98. The lowest BCUT2D eigenvalue weighted by atomic mass is 9.90. The van der Waals surface area contributed by atoms with Crippen LogP contribution in [0.25, 0.3) is 0 Å². The Bertz CT molecular complexity index is 245. The van der Waals surface area contributed by atoms with Gasteiger partial charge in [0.1, 0.15) is 0 Å². The average molecular weight is 239 g/mol. The molecule has 100 valence electrons. The molecule has 0 fully saturated rings. The summed E-state index contributed by atoms with van der Waals surface area (Å²) in [6.07, 6.45) is 11.3. The van der Waals surface area contributed by atoms with E-state index in [1.165, 1.54) is 38.5 Å². The zero-order chi connectivity index (χ0) is 12.7. The highest BCUT2D eigenvalue weighted by atomic mass is 16.5. The second-order valence-electron chi connectivity index (χ2n) is 5.80. The summed E-state index contributed by atoms with van der Waals surface area (Å²) >= 11 is 0. The summed E-state index contributed by atoms with van der Waals surface area (Å²) in [6.45, 7) is 4.33. The first kappa shape index (κ1) is 14.7. The number of ether oxygens (including phenoxy) is 1. The maximum absolute atomic E-state index is 5.48. The van der Waals surface area contributed by atoms with Gasteiger partial charge in [-0.2, -0.15) is 0 Å². The molecule has 0 heterocycles. The zero-order valence-corrected chi connectivity index (χ0v) is 12.0. The van der Waals surface area contributed by atoms with Crippen LogP contribution in [0.5, 0.6) is 0 Å². The molecule has 0 aromatic carbocycles. The van der Waals surface area contributed by atoms with Crippen molar-refractivity contribution in [1.82, 2.24) is 5.32 Å². The van der Waals surface area contributed by atoms with Crippen molar-refractivity contribution in [2.45, 2.75) is 70.4 Å². The molecule has 0 spiro atoms. The van der Waals surface area contributed by atoms with E-state index in [1.54, 1.807) is 12.7 Å². The molecular weight excluding hydrogens is 210 g/mol. The van der Waals surface area contributed by atoms with Gasteiger partial charge in [-0.1, -0.05) is 11.6 Å². The Hall–Kier alpha value is -0.340. The molecule has 1 N–H and O–H groups in total.